The second kappa shape index (κ2) is 9.05. The third-order valence-electron chi connectivity index (χ3n) is 4.46. The van der Waals surface area contributed by atoms with E-state index in [-0.39, 0.29) is 6.67 Å². The van der Waals surface area contributed by atoms with E-state index in [1.165, 1.54) is 0 Å². The Morgan fingerprint density at radius 1 is 1.21 bits per heavy atom. The van der Waals surface area contributed by atoms with Crippen LogP contribution in [0.1, 0.15) is 21.6 Å². The van der Waals surface area contributed by atoms with Crippen LogP contribution in [0.5, 0.6) is 0 Å². The number of nitrogens with one attached hydrogen (secondary N) is 2. The fraction of sp³-hybridized carbons (Fsp3) is 0.190. The van der Waals surface area contributed by atoms with Crippen molar-refractivity contribution in [1.29, 1.82) is 0 Å². The van der Waals surface area contributed by atoms with E-state index in [2.05, 4.69) is 20.5 Å². The summed E-state index contributed by atoms with van der Waals surface area (Å²) in [5.74, 6) is 0. The van der Waals surface area contributed by atoms with Gasteiger partial charge in [0, 0.05) is 30.7 Å². The molecule has 3 aromatic heterocycles. The van der Waals surface area contributed by atoms with Crippen molar-refractivity contribution in [1.82, 2.24) is 25.1 Å². The molecule has 7 heteroatoms. The number of aromatic amines is 1. The predicted octanol–water partition coefficient (Wildman–Crippen LogP) is 3.65. The van der Waals surface area contributed by atoms with E-state index in [1.807, 2.05) is 56.6 Å². The summed E-state index contributed by atoms with van der Waals surface area (Å²) in [5, 5.41) is 10.6. The van der Waals surface area contributed by atoms with Gasteiger partial charge in [-0.1, -0.05) is 24.3 Å². The maximum absolute atomic E-state index is 12.3. The molecule has 0 saturated carbocycles. The molecule has 0 aliphatic rings. The van der Waals surface area contributed by atoms with Gasteiger partial charge >= 0.3 is 0 Å². The number of aryl methyl sites for hydroxylation is 1. The summed E-state index contributed by atoms with van der Waals surface area (Å²) in [5.41, 5.74) is 5.01. The molecule has 0 bridgehead atoms. The zero-order valence-corrected chi connectivity index (χ0v) is 15.8. The molecule has 0 aliphatic carbocycles. The number of H-pyrrole nitrogens is 1. The summed E-state index contributed by atoms with van der Waals surface area (Å²) in [7, 11) is 3.69. The van der Waals surface area contributed by atoms with Gasteiger partial charge in [-0.15, -0.1) is 0 Å². The minimum absolute atomic E-state index is 0.377. The van der Waals surface area contributed by atoms with E-state index in [0.29, 0.717) is 5.69 Å². The molecule has 4 aromatic rings. The molecular formula is C21H22FN5O. The second-order valence-corrected chi connectivity index (χ2v) is 6.28. The van der Waals surface area contributed by atoms with E-state index in [1.54, 1.807) is 17.0 Å². The molecule has 0 radical (unpaired) electrons. The number of hydrogen-bond acceptors (Lipinski definition) is 4. The Morgan fingerprint density at radius 3 is 2.64 bits per heavy atom. The highest BCUT2D eigenvalue weighted by atomic mass is 19.1. The lowest BCUT2D eigenvalue weighted by atomic mass is 10.1. The first kappa shape index (κ1) is 19.4. The lowest BCUT2D eigenvalue weighted by Crippen LogP contribution is -2.06. The van der Waals surface area contributed by atoms with E-state index in [9.17, 15) is 9.18 Å². The number of rotatable bonds is 5. The Labute approximate surface area is 162 Å². The van der Waals surface area contributed by atoms with Crippen LogP contribution in [-0.4, -0.2) is 33.1 Å². The van der Waals surface area contributed by atoms with E-state index in [4.69, 9.17) is 0 Å². The third kappa shape index (κ3) is 4.15. The quantitative estimate of drug-likeness (QED) is 0.519. The number of nitrogens with zero attached hydrogens (tertiary/aromatic N) is 3. The SMILES string of the molecule is CNCc1ccccc1CF.Cn1c(C=O)cc2ccc(-c3cn[nH]c3)nc21. The minimum atomic E-state index is -0.377. The summed E-state index contributed by atoms with van der Waals surface area (Å²) in [6.07, 6.45) is 4.34. The van der Waals surface area contributed by atoms with Crippen molar-refractivity contribution in [2.24, 2.45) is 7.05 Å². The number of aldehydes is 1. The molecule has 0 aliphatic heterocycles. The summed E-state index contributed by atoms with van der Waals surface area (Å²) >= 11 is 0. The molecule has 4 rings (SSSR count). The second-order valence-electron chi connectivity index (χ2n) is 6.28. The Morgan fingerprint density at radius 2 is 2.00 bits per heavy atom. The highest BCUT2D eigenvalue weighted by Crippen LogP contribution is 2.21. The molecule has 144 valence electrons. The van der Waals surface area contributed by atoms with Crippen molar-refractivity contribution in [3.05, 3.63) is 71.7 Å². The number of carbonyl (C=O) groups is 1. The van der Waals surface area contributed by atoms with Gasteiger partial charge in [0.2, 0.25) is 0 Å². The summed E-state index contributed by atoms with van der Waals surface area (Å²) < 4.78 is 14.1. The number of pyridine rings is 1. The molecule has 0 amide bonds. The molecule has 1 aromatic carbocycles. The van der Waals surface area contributed by atoms with Gasteiger partial charge in [-0.05, 0) is 36.4 Å². The number of fused-ring (bicyclic) bond motifs is 1. The van der Waals surface area contributed by atoms with Crippen LogP contribution in [0, 0.1) is 0 Å². The van der Waals surface area contributed by atoms with E-state index < -0.39 is 0 Å². The van der Waals surface area contributed by atoms with Crippen molar-refractivity contribution in [3.63, 3.8) is 0 Å². The monoisotopic (exact) mass is 379 g/mol. The largest absolute Gasteiger partial charge is 0.326 e. The number of carbonyl (C=O) groups excluding carboxylic acids is 1. The molecule has 2 N–H and O–H groups in total. The molecule has 0 unspecified atom stereocenters. The molecule has 0 atom stereocenters. The van der Waals surface area contributed by atoms with Crippen LogP contribution in [0.4, 0.5) is 4.39 Å². The smallest absolute Gasteiger partial charge is 0.166 e. The summed E-state index contributed by atoms with van der Waals surface area (Å²) in [6, 6.07) is 13.2. The maximum atomic E-state index is 12.3. The number of hydrogen-bond donors (Lipinski definition) is 2. The van der Waals surface area contributed by atoms with Crippen molar-refractivity contribution >= 4 is 17.3 Å². The molecule has 6 nitrogen and oxygen atoms in total. The minimum Gasteiger partial charge on any atom is -0.326 e. The summed E-state index contributed by atoms with van der Waals surface area (Å²) in [6.45, 7) is 0.359. The van der Waals surface area contributed by atoms with Crippen molar-refractivity contribution in [2.45, 2.75) is 13.2 Å². The standard InChI is InChI=1S/C12H10N4O.C9H12FN/c1-16-10(7-17)4-8-2-3-11(15-12(8)16)9-5-13-14-6-9;1-11-7-9-5-3-2-4-8(9)6-10/h2-7H,1H3,(H,13,14);2-5,11H,6-7H2,1H3. The normalized spacial score (nSPS) is 10.5. The molecule has 28 heavy (non-hydrogen) atoms. The first-order chi connectivity index (χ1) is 13.7. The van der Waals surface area contributed by atoms with Crippen LogP contribution in [0.25, 0.3) is 22.3 Å². The van der Waals surface area contributed by atoms with Gasteiger partial charge in [-0.3, -0.25) is 9.89 Å². The zero-order chi connectivity index (χ0) is 19.9. The predicted molar refractivity (Wildman–Crippen MR) is 108 cm³/mol. The first-order valence-corrected chi connectivity index (χ1v) is 8.86. The van der Waals surface area contributed by atoms with Crippen molar-refractivity contribution in [3.8, 4) is 11.3 Å². The summed E-state index contributed by atoms with van der Waals surface area (Å²) in [4.78, 5) is 15.4. The molecule has 0 spiro atoms. The zero-order valence-electron chi connectivity index (χ0n) is 15.8. The van der Waals surface area contributed by atoms with Crippen LogP contribution in [0.2, 0.25) is 0 Å². The lowest BCUT2D eigenvalue weighted by Gasteiger charge is -2.03. The van der Waals surface area contributed by atoms with Crippen LogP contribution >= 0.6 is 0 Å². The average molecular weight is 379 g/mol. The number of benzene rings is 1. The highest BCUT2D eigenvalue weighted by Gasteiger charge is 2.08. The van der Waals surface area contributed by atoms with Crippen LogP contribution in [0.15, 0.2) is 54.9 Å². The molecular weight excluding hydrogens is 357 g/mol. The van der Waals surface area contributed by atoms with Gasteiger partial charge in [-0.2, -0.15) is 5.10 Å². The third-order valence-corrected chi connectivity index (χ3v) is 4.46. The molecule has 3 heterocycles. The number of halogens is 1. The lowest BCUT2D eigenvalue weighted by molar-refractivity contribution is 0.111. The first-order valence-electron chi connectivity index (χ1n) is 8.86. The maximum Gasteiger partial charge on any atom is 0.166 e. The van der Waals surface area contributed by atoms with Crippen LogP contribution in [0.3, 0.4) is 0 Å². The van der Waals surface area contributed by atoms with Gasteiger partial charge in [0.05, 0.1) is 17.6 Å². The van der Waals surface area contributed by atoms with Crippen LogP contribution in [-0.2, 0) is 20.3 Å². The van der Waals surface area contributed by atoms with Crippen molar-refractivity contribution in [2.75, 3.05) is 7.05 Å². The van der Waals surface area contributed by atoms with E-state index >= 15 is 0 Å². The van der Waals surface area contributed by atoms with Crippen molar-refractivity contribution < 1.29 is 9.18 Å². The van der Waals surface area contributed by atoms with Crippen LogP contribution < -0.4 is 5.32 Å². The van der Waals surface area contributed by atoms with Gasteiger partial charge in [-0.25, -0.2) is 9.37 Å². The fourth-order valence-electron chi connectivity index (χ4n) is 2.93. The average Bonchev–Trinajstić information content (AvgIpc) is 3.37. The number of alkyl halides is 1. The van der Waals surface area contributed by atoms with Gasteiger partial charge in [0.25, 0.3) is 0 Å². The Kier molecular flexibility index (Phi) is 6.29. The number of aromatic nitrogens is 4. The Hall–Kier alpha value is -3.32. The highest BCUT2D eigenvalue weighted by molar-refractivity contribution is 5.87. The van der Waals surface area contributed by atoms with Gasteiger partial charge < -0.3 is 9.88 Å². The fourth-order valence-corrected chi connectivity index (χ4v) is 2.93. The molecule has 0 fully saturated rings. The van der Waals surface area contributed by atoms with Gasteiger partial charge in [0.15, 0.2) is 6.29 Å². The Bertz CT molecular complexity index is 1060. The molecule has 0 saturated heterocycles. The van der Waals surface area contributed by atoms with E-state index in [0.717, 1.165) is 46.2 Å². The topological polar surface area (TPSA) is 75.6 Å². The Balaban J connectivity index is 0.000000178. The van der Waals surface area contributed by atoms with Gasteiger partial charge in [0.1, 0.15) is 12.3 Å².